The van der Waals surface area contributed by atoms with Gasteiger partial charge in [-0.1, -0.05) is 6.92 Å². The van der Waals surface area contributed by atoms with Crippen LogP contribution >= 0.6 is 0 Å². The fourth-order valence-corrected chi connectivity index (χ4v) is 0.686. The molecule has 0 saturated carbocycles. The lowest BCUT2D eigenvalue weighted by Crippen LogP contribution is -2.16. The smallest absolute Gasteiger partial charge is 0.308 e. The van der Waals surface area contributed by atoms with Gasteiger partial charge in [0.05, 0.1) is 12.5 Å². The summed E-state index contributed by atoms with van der Waals surface area (Å²) in [5.41, 5.74) is 0. The Morgan fingerprint density at radius 3 is 3.00 bits per heavy atom. The molecule has 1 aromatic heterocycles. The summed E-state index contributed by atoms with van der Waals surface area (Å²) in [5, 5.41) is 12.3. The fraction of sp³-hybridized carbons (Fsp3) is 0.500. The van der Waals surface area contributed by atoms with Gasteiger partial charge in [-0.2, -0.15) is 5.10 Å². The zero-order chi connectivity index (χ0) is 8.27. The van der Waals surface area contributed by atoms with Crippen LogP contribution in [0.25, 0.3) is 0 Å². The first-order valence-electron chi connectivity index (χ1n) is 3.25. The summed E-state index contributed by atoms with van der Waals surface area (Å²) in [7, 11) is 0. The maximum atomic E-state index is 10.4. The number of carboxylic acid groups (broad SMARTS) is 1. The molecule has 0 aliphatic carbocycles. The number of carboxylic acids is 1. The molecule has 1 N–H and O–H groups in total. The highest BCUT2D eigenvalue weighted by Gasteiger charge is 2.10. The van der Waals surface area contributed by atoms with E-state index in [0.717, 1.165) is 0 Å². The van der Waals surface area contributed by atoms with Gasteiger partial charge < -0.3 is 5.11 Å². The highest BCUT2D eigenvalue weighted by Crippen LogP contribution is 1.97. The molecule has 60 valence electrons. The normalized spacial score (nSPS) is 12.8. The van der Waals surface area contributed by atoms with E-state index in [1.165, 1.54) is 17.3 Å². The maximum Gasteiger partial charge on any atom is 0.308 e. The van der Waals surface area contributed by atoms with Crippen LogP contribution in [-0.4, -0.2) is 25.8 Å². The third kappa shape index (κ3) is 2.03. The number of aliphatic carboxylic acids is 1. The second kappa shape index (κ2) is 3.14. The van der Waals surface area contributed by atoms with Crippen LogP contribution in [0, 0.1) is 5.92 Å². The first-order valence-corrected chi connectivity index (χ1v) is 3.25. The maximum absolute atomic E-state index is 10.4. The van der Waals surface area contributed by atoms with Gasteiger partial charge >= 0.3 is 5.97 Å². The molecule has 0 spiro atoms. The Kier molecular flexibility index (Phi) is 2.20. The molecule has 0 bridgehead atoms. The van der Waals surface area contributed by atoms with Gasteiger partial charge in [0, 0.05) is 0 Å². The average molecular weight is 155 g/mol. The molecular weight excluding hydrogens is 146 g/mol. The van der Waals surface area contributed by atoms with Crippen molar-refractivity contribution in [2.24, 2.45) is 5.92 Å². The van der Waals surface area contributed by atoms with Crippen LogP contribution in [0.15, 0.2) is 12.7 Å². The second-order valence-corrected chi connectivity index (χ2v) is 2.36. The molecule has 1 heterocycles. The van der Waals surface area contributed by atoms with Gasteiger partial charge in [-0.25, -0.2) is 4.98 Å². The quantitative estimate of drug-likeness (QED) is 0.667. The highest BCUT2D eigenvalue weighted by atomic mass is 16.4. The van der Waals surface area contributed by atoms with Gasteiger partial charge in [0.2, 0.25) is 0 Å². The Hall–Kier alpha value is -1.39. The van der Waals surface area contributed by atoms with Crippen molar-refractivity contribution < 1.29 is 9.90 Å². The molecule has 5 nitrogen and oxygen atoms in total. The third-order valence-corrected chi connectivity index (χ3v) is 1.35. The van der Waals surface area contributed by atoms with Crippen LogP contribution in [0.1, 0.15) is 6.92 Å². The van der Waals surface area contributed by atoms with E-state index >= 15 is 0 Å². The Balaban J connectivity index is 2.50. The van der Waals surface area contributed by atoms with E-state index < -0.39 is 11.9 Å². The van der Waals surface area contributed by atoms with Crippen molar-refractivity contribution >= 4 is 5.97 Å². The molecule has 1 unspecified atom stereocenters. The first-order chi connectivity index (χ1) is 5.20. The summed E-state index contributed by atoms with van der Waals surface area (Å²) in [5.74, 6) is -1.24. The molecule has 1 atom stereocenters. The van der Waals surface area contributed by atoms with Gasteiger partial charge in [0.25, 0.3) is 0 Å². The van der Waals surface area contributed by atoms with Crippen LogP contribution in [0.3, 0.4) is 0 Å². The molecule has 11 heavy (non-hydrogen) atoms. The van der Waals surface area contributed by atoms with E-state index in [1.54, 1.807) is 6.92 Å². The summed E-state index contributed by atoms with van der Waals surface area (Å²) >= 11 is 0. The number of aromatic nitrogens is 3. The van der Waals surface area contributed by atoms with E-state index in [-0.39, 0.29) is 0 Å². The number of nitrogens with zero attached hydrogens (tertiary/aromatic N) is 3. The topological polar surface area (TPSA) is 68.0 Å². The van der Waals surface area contributed by atoms with Crippen molar-refractivity contribution in [1.29, 1.82) is 0 Å². The lowest BCUT2D eigenvalue weighted by Gasteiger charge is -2.03. The number of carbonyl (C=O) groups is 1. The van der Waals surface area contributed by atoms with Crippen molar-refractivity contribution in [3.8, 4) is 0 Å². The molecule has 0 aliphatic rings. The van der Waals surface area contributed by atoms with E-state index in [0.29, 0.717) is 6.54 Å². The monoisotopic (exact) mass is 155 g/mol. The Bertz CT molecular complexity index is 232. The molecule has 0 saturated heterocycles. The summed E-state index contributed by atoms with van der Waals surface area (Å²) in [6.45, 7) is 2.00. The van der Waals surface area contributed by atoms with Crippen LogP contribution < -0.4 is 0 Å². The van der Waals surface area contributed by atoms with Crippen molar-refractivity contribution in [3.05, 3.63) is 12.7 Å². The van der Waals surface area contributed by atoms with E-state index in [1.807, 2.05) is 0 Å². The summed E-state index contributed by atoms with van der Waals surface area (Å²) in [6, 6.07) is 0. The SMILES string of the molecule is CC(Cn1cncn1)C(=O)O. The van der Waals surface area contributed by atoms with Crippen molar-refractivity contribution in [1.82, 2.24) is 14.8 Å². The molecule has 0 aromatic carbocycles. The molecule has 1 aromatic rings. The molecule has 0 fully saturated rings. The van der Waals surface area contributed by atoms with Crippen molar-refractivity contribution in [2.45, 2.75) is 13.5 Å². The Morgan fingerprint density at radius 1 is 1.82 bits per heavy atom. The zero-order valence-corrected chi connectivity index (χ0v) is 6.14. The fourth-order valence-electron chi connectivity index (χ4n) is 0.686. The number of hydrogen-bond acceptors (Lipinski definition) is 3. The predicted octanol–water partition coefficient (Wildman–Crippen LogP) is -0.00120. The minimum atomic E-state index is -0.819. The summed E-state index contributed by atoms with van der Waals surface area (Å²) in [4.78, 5) is 14.1. The first kappa shape index (κ1) is 7.71. The van der Waals surface area contributed by atoms with Crippen LogP contribution in [-0.2, 0) is 11.3 Å². The second-order valence-electron chi connectivity index (χ2n) is 2.36. The minimum Gasteiger partial charge on any atom is -0.481 e. The van der Waals surface area contributed by atoms with Gasteiger partial charge in [-0.05, 0) is 0 Å². The van der Waals surface area contributed by atoms with Crippen LogP contribution in [0.2, 0.25) is 0 Å². The van der Waals surface area contributed by atoms with Gasteiger partial charge in [-0.15, -0.1) is 0 Å². The number of hydrogen-bond donors (Lipinski definition) is 1. The van der Waals surface area contributed by atoms with Crippen molar-refractivity contribution in [2.75, 3.05) is 0 Å². The van der Waals surface area contributed by atoms with Gasteiger partial charge in [-0.3, -0.25) is 9.48 Å². The molecule has 1 rings (SSSR count). The molecule has 0 aliphatic heterocycles. The summed E-state index contributed by atoms with van der Waals surface area (Å²) in [6.07, 6.45) is 2.88. The molecule has 5 heteroatoms. The van der Waals surface area contributed by atoms with Crippen LogP contribution in [0.5, 0.6) is 0 Å². The van der Waals surface area contributed by atoms with Crippen LogP contribution in [0.4, 0.5) is 0 Å². The van der Waals surface area contributed by atoms with Gasteiger partial charge in [0.1, 0.15) is 12.7 Å². The van der Waals surface area contributed by atoms with Crippen molar-refractivity contribution in [3.63, 3.8) is 0 Å². The lowest BCUT2D eigenvalue weighted by atomic mass is 10.2. The Labute approximate surface area is 63.7 Å². The lowest BCUT2D eigenvalue weighted by molar-refractivity contribution is -0.141. The molecule has 0 radical (unpaired) electrons. The van der Waals surface area contributed by atoms with E-state index in [4.69, 9.17) is 5.11 Å². The van der Waals surface area contributed by atoms with E-state index in [9.17, 15) is 4.79 Å². The van der Waals surface area contributed by atoms with Gasteiger partial charge in [0.15, 0.2) is 0 Å². The largest absolute Gasteiger partial charge is 0.481 e. The predicted molar refractivity (Wildman–Crippen MR) is 36.8 cm³/mol. The van der Waals surface area contributed by atoms with E-state index in [2.05, 4.69) is 10.1 Å². The average Bonchev–Trinajstić information content (AvgIpc) is 2.39. The summed E-state index contributed by atoms with van der Waals surface area (Å²) < 4.78 is 1.50. The number of rotatable bonds is 3. The third-order valence-electron chi connectivity index (χ3n) is 1.35. The minimum absolute atomic E-state index is 0.370. The Morgan fingerprint density at radius 2 is 2.55 bits per heavy atom. The molecule has 0 amide bonds. The highest BCUT2D eigenvalue weighted by molar-refractivity contribution is 5.69. The zero-order valence-electron chi connectivity index (χ0n) is 6.14. The standard InChI is InChI=1S/C6H9N3O2/c1-5(6(10)11)2-9-4-7-3-8-9/h3-5H,2H2,1H3,(H,10,11). The molecular formula is C6H9N3O2.